The van der Waals surface area contributed by atoms with Gasteiger partial charge in [0.15, 0.2) is 16.5 Å². The summed E-state index contributed by atoms with van der Waals surface area (Å²) < 4.78 is 12.6. The highest BCUT2D eigenvalue weighted by Gasteiger charge is 2.21. The standard InChI is InChI=1S/C22H18N2O3S/c25-21(23-12-14-11-15-5-1-3-7-17(15)26-13-14)18-9-10-19(27-18)22-24-16-6-2-4-8-20(16)28-22/h1-10,14H,11-13H2,(H,23,25). The maximum absolute atomic E-state index is 12.5. The number of hydrogen-bond acceptors (Lipinski definition) is 5. The average molecular weight is 390 g/mol. The van der Waals surface area contributed by atoms with Crippen molar-refractivity contribution in [3.8, 4) is 16.5 Å². The fraction of sp³-hybridized carbons (Fsp3) is 0.182. The Bertz CT molecular complexity index is 1110. The van der Waals surface area contributed by atoms with Gasteiger partial charge in [-0.3, -0.25) is 4.79 Å². The number of benzene rings is 2. The number of nitrogens with one attached hydrogen (secondary N) is 1. The van der Waals surface area contributed by atoms with Crippen molar-refractivity contribution in [1.82, 2.24) is 10.3 Å². The fourth-order valence-electron chi connectivity index (χ4n) is 3.40. The zero-order valence-corrected chi connectivity index (χ0v) is 15.9. The summed E-state index contributed by atoms with van der Waals surface area (Å²) in [6.07, 6.45) is 0.894. The summed E-state index contributed by atoms with van der Waals surface area (Å²) in [5.41, 5.74) is 2.12. The van der Waals surface area contributed by atoms with Gasteiger partial charge < -0.3 is 14.5 Å². The van der Waals surface area contributed by atoms with E-state index in [1.54, 1.807) is 23.5 Å². The fourth-order valence-corrected chi connectivity index (χ4v) is 4.33. The van der Waals surface area contributed by atoms with Crippen LogP contribution in [0.15, 0.2) is 65.1 Å². The van der Waals surface area contributed by atoms with Crippen molar-refractivity contribution < 1.29 is 13.9 Å². The summed E-state index contributed by atoms with van der Waals surface area (Å²) in [4.78, 5) is 17.1. The smallest absolute Gasteiger partial charge is 0.287 e. The van der Waals surface area contributed by atoms with Gasteiger partial charge in [0, 0.05) is 12.5 Å². The molecule has 1 unspecified atom stereocenters. The zero-order chi connectivity index (χ0) is 18.9. The molecule has 0 spiro atoms. The first-order chi connectivity index (χ1) is 13.8. The number of hydrogen-bond donors (Lipinski definition) is 1. The number of rotatable bonds is 4. The minimum Gasteiger partial charge on any atom is -0.493 e. The van der Waals surface area contributed by atoms with Crippen LogP contribution in [0.1, 0.15) is 16.1 Å². The first-order valence-corrected chi connectivity index (χ1v) is 10.0. The monoisotopic (exact) mass is 390 g/mol. The van der Waals surface area contributed by atoms with Crippen molar-refractivity contribution in [2.75, 3.05) is 13.2 Å². The lowest BCUT2D eigenvalue weighted by Crippen LogP contribution is -2.34. The van der Waals surface area contributed by atoms with Crippen molar-refractivity contribution in [1.29, 1.82) is 0 Å². The molecular formula is C22H18N2O3S. The van der Waals surface area contributed by atoms with Crippen LogP contribution in [-0.4, -0.2) is 24.0 Å². The van der Waals surface area contributed by atoms with E-state index >= 15 is 0 Å². The molecular weight excluding hydrogens is 372 g/mol. The van der Waals surface area contributed by atoms with Crippen LogP contribution in [0.4, 0.5) is 0 Å². The molecule has 0 bridgehead atoms. The Labute approximate surface area is 166 Å². The first-order valence-electron chi connectivity index (χ1n) is 9.21. The summed E-state index contributed by atoms with van der Waals surface area (Å²) >= 11 is 1.55. The maximum atomic E-state index is 12.5. The molecule has 6 heteroatoms. The van der Waals surface area contributed by atoms with Gasteiger partial charge in [-0.05, 0) is 42.3 Å². The Morgan fingerprint density at radius 3 is 2.89 bits per heavy atom. The third-order valence-corrected chi connectivity index (χ3v) is 5.89. The number of fused-ring (bicyclic) bond motifs is 2. The van der Waals surface area contributed by atoms with E-state index in [9.17, 15) is 4.79 Å². The second kappa shape index (κ2) is 7.13. The Hall–Kier alpha value is -3.12. The summed E-state index contributed by atoms with van der Waals surface area (Å²) in [5.74, 6) is 1.88. The van der Waals surface area contributed by atoms with Crippen LogP contribution in [0.2, 0.25) is 0 Å². The van der Waals surface area contributed by atoms with Gasteiger partial charge in [0.1, 0.15) is 5.75 Å². The summed E-state index contributed by atoms with van der Waals surface area (Å²) in [7, 11) is 0. The minimum atomic E-state index is -0.216. The number of aromatic nitrogens is 1. The Morgan fingerprint density at radius 1 is 1.11 bits per heavy atom. The molecule has 140 valence electrons. The largest absolute Gasteiger partial charge is 0.493 e. The molecule has 1 amide bonds. The number of furan rings is 1. The van der Waals surface area contributed by atoms with Crippen molar-refractivity contribution in [3.05, 3.63) is 72.0 Å². The van der Waals surface area contributed by atoms with E-state index in [4.69, 9.17) is 9.15 Å². The van der Waals surface area contributed by atoms with Crippen molar-refractivity contribution >= 4 is 27.5 Å². The third-order valence-electron chi connectivity index (χ3n) is 4.84. The number of ether oxygens (including phenoxy) is 1. The molecule has 28 heavy (non-hydrogen) atoms. The van der Waals surface area contributed by atoms with E-state index in [0.717, 1.165) is 27.4 Å². The predicted molar refractivity (Wildman–Crippen MR) is 109 cm³/mol. The van der Waals surface area contributed by atoms with Crippen LogP contribution in [0.3, 0.4) is 0 Å². The summed E-state index contributed by atoms with van der Waals surface area (Å²) in [5, 5.41) is 3.74. The van der Waals surface area contributed by atoms with Gasteiger partial charge in [-0.1, -0.05) is 30.3 Å². The molecule has 5 nitrogen and oxygen atoms in total. The summed E-state index contributed by atoms with van der Waals surface area (Å²) in [6, 6.07) is 19.5. The average Bonchev–Trinajstić information content (AvgIpc) is 3.39. The SMILES string of the molecule is O=C(NCC1COc2ccccc2C1)c1ccc(-c2nc3ccccc3s2)o1. The molecule has 0 aliphatic carbocycles. The van der Waals surface area contributed by atoms with Crippen LogP contribution >= 0.6 is 11.3 Å². The molecule has 1 N–H and O–H groups in total. The van der Waals surface area contributed by atoms with Crippen molar-refractivity contribution in [3.63, 3.8) is 0 Å². The summed E-state index contributed by atoms with van der Waals surface area (Å²) in [6.45, 7) is 1.15. The molecule has 0 saturated heterocycles. The Kier molecular flexibility index (Phi) is 4.33. The number of nitrogens with zero attached hydrogens (tertiary/aromatic N) is 1. The number of para-hydroxylation sites is 2. The third kappa shape index (κ3) is 3.27. The lowest BCUT2D eigenvalue weighted by molar-refractivity contribution is 0.0912. The zero-order valence-electron chi connectivity index (χ0n) is 15.1. The van der Waals surface area contributed by atoms with Gasteiger partial charge in [-0.25, -0.2) is 4.98 Å². The van der Waals surface area contributed by atoms with Gasteiger partial charge in [0.05, 0.1) is 16.8 Å². The van der Waals surface area contributed by atoms with Crippen molar-refractivity contribution in [2.24, 2.45) is 5.92 Å². The molecule has 4 aromatic rings. The molecule has 5 rings (SSSR count). The number of carbonyl (C=O) groups excluding carboxylic acids is 1. The minimum absolute atomic E-state index is 0.216. The van der Waals surface area contributed by atoms with Gasteiger partial charge in [0.25, 0.3) is 5.91 Å². The molecule has 0 radical (unpaired) electrons. The lowest BCUT2D eigenvalue weighted by atomic mass is 9.97. The molecule has 2 aromatic heterocycles. The van der Waals surface area contributed by atoms with E-state index in [-0.39, 0.29) is 11.8 Å². The number of thiazole rings is 1. The second-order valence-electron chi connectivity index (χ2n) is 6.85. The van der Waals surface area contributed by atoms with Gasteiger partial charge in [-0.2, -0.15) is 0 Å². The molecule has 1 aliphatic heterocycles. The van der Waals surface area contributed by atoms with Crippen LogP contribution in [0.5, 0.6) is 5.75 Å². The normalized spacial score (nSPS) is 15.8. The molecule has 0 fully saturated rings. The van der Waals surface area contributed by atoms with Crippen LogP contribution in [-0.2, 0) is 6.42 Å². The quantitative estimate of drug-likeness (QED) is 0.556. The topological polar surface area (TPSA) is 64.4 Å². The predicted octanol–water partition coefficient (Wildman–Crippen LogP) is 4.54. The van der Waals surface area contributed by atoms with Gasteiger partial charge >= 0.3 is 0 Å². The molecule has 3 heterocycles. The lowest BCUT2D eigenvalue weighted by Gasteiger charge is -2.25. The second-order valence-corrected chi connectivity index (χ2v) is 7.88. The highest BCUT2D eigenvalue weighted by atomic mass is 32.1. The first kappa shape index (κ1) is 17.0. The van der Waals surface area contributed by atoms with Crippen LogP contribution in [0.25, 0.3) is 21.0 Å². The molecule has 1 aliphatic rings. The van der Waals surface area contributed by atoms with Gasteiger partial charge in [0.2, 0.25) is 0 Å². The Morgan fingerprint density at radius 2 is 1.96 bits per heavy atom. The highest BCUT2D eigenvalue weighted by Crippen LogP contribution is 2.31. The van der Waals surface area contributed by atoms with E-state index in [1.807, 2.05) is 42.5 Å². The van der Waals surface area contributed by atoms with E-state index < -0.39 is 0 Å². The van der Waals surface area contributed by atoms with Crippen LogP contribution in [0, 0.1) is 5.92 Å². The van der Waals surface area contributed by atoms with E-state index in [0.29, 0.717) is 24.7 Å². The number of amides is 1. The van der Waals surface area contributed by atoms with Gasteiger partial charge in [-0.15, -0.1) is 11.3 Å². The molecule has 0 saturated carbocycles. The number of carbonyl (C=O) groups is 1. The molecule has 2 aromatic carbocycles. The molecule has 1 atom stereocenters. The maximum Gasteiger partial charge on any atom is 0.287 e. The van der Waals surface area contributed by atoms with E-state index in [1.165, 1.54) is 5.56 Å². The van der Waals surface area contributed by atoms with Crippen molar-refractivity contribution in [2.45, 2.75) is 6.42 Å². The van der Waals surface area contributed by atoms with E-state index in [2.05, 4.69) is 16.4 Å². The van der Waals surface area contributed by atoms with Crippen LogP contribution < -0.4 is 10.1 Å². The Balaban J connectivity index is 1.24. The highest BCUT2D eigenvalue weighted by molar-refractivity contribution is 7.21.